The molecule has 71 valence electrons. The van der Waals surface area contributed by atoms with Crippen LogP contribution in [0.25, 0.3) is 0 Å². The maximum absolute atomic E-state index is 6.00. The van der Waals surface area contributed by atoms with Gasteiger partial charge in [0.1, 0.15) is 6.10 Å². The van der Waals surface area contributed by atoms with Crippen LogP contribution in [0.4, 0.5) is 0 Å². The van der Waals surface area contributed by atoms with Gasteiger partial charge in [0, 0.05) is 19.1 Å². The third-order valence-electron chi connectivity index (χ3n) is 2.15. The largest absolute Gasteiger partial charge is 0.375 e. The molecule has 1 aliphatic rings. The fourth-order valence-electron chi connectivity index (χ4n) is 1.54. The highest BCUT2D eigenvalue weighted by atomic mass is 35.5. The molecule has 2 nitrogen and oxygen atoms in total. The molecule has 1 fully saturated rings. The van der Waals surface area contributed by atoms with Crippen molar-refractivity contribution in [3.05, 3.63) is 6.10 Å². The van der Waals surface area contributed by atoms with E-state index >= 15 is 0 Å². The van der Waals surface area contributed by atoms with Gasteiger partial charge in [-0.2, -0.15) is 0 Å². The summed E-state index contributed by atoms with van der Waals surface area (Å²) in [6.45, 7) is 2.74. The van der Waals surface area contributed by atoms with Crippen molar-refractivity contribution in [3.8, 4) is 0 Å². The zero-order valence-corrected chi connectivity index (χ0v) is 8.43. The van der Waals surface area contributed by atoms with E-state index < -0.39 is 0 Å². The number of rotatable bonds is 3. The van der Waals surface area contributed by atoms with E-state index in [4.69, 9.17) is 21.1 Å². The van der Waals surface area contributed by atoms with Gasteiger partial charge in [0.15, 0.2) is 0 Å². The average Bonchev–Trinajstić information content (AvgIpc) is 2.08. The van der Waals surface area contributed by atoms with E-state index in [0.717, 1.165) is 32.0 Å². The molecule has 0 aromatic heterocycles. The first-order chi connectivity index (χ1) is 5.77. The lowest BCUT2D eigenvalue weighted by Gasteiger charge is -2.31. The molecule has 1 saturated carbocycles. The molecule has 0 aliphatic heterocycles. The van der Waals surface area contributed by atoms with Gasteiger partial charge in [-0.1, -0.05) is 0 Å². The molecular weight excluding hydrogens is 176 g/mol. The molecule has 1 radical (unpaired) electrons. The second kappa shape index (κ2) is 5.05. The van der Waals surface area contributed by atoms with E-state index in [1.165, 1.54) is 0 Å². The van der Waals surface area contributed by atoms with Gasteiger partial charge in [-0.15, -0.1) is 11.6 Å². The number of alkyl halides is 1. The maximum atomic E-state index is 6.00. The van der Waals surface area contributed by atoms with Crippen LogP contribution in [-0.2, 0) is 9.47 Å². The Morgan fingerprint density at radius 2 is 2.25 bits per heavy atom. The summed E-state index contributed by atoms with van der Waals surface area (Å²) in [5.74, 6) is 0. The quantitative estimate of drug-likeness (QED) is 0.638. The molecule has 12 heavy (non-hydrogen) atoms. The van der Waals surface area contributed by atoms with Crippen molar-refractivity contribution in [2.45, 2.75) is 37.7 Å². The lowest BCUT2D eigenvalue weighted by Crippen LogP contribution is -2.31. The summed E-state index contributed by atoms with van der Waals surface area (Å²) in [5, 5.41) is 0.233. The Kier molecular flexibility index (Phi) is 4.33. The predicted molar refractivity (Wildman–Crippen MR) is 49.2 cm³/mol. The standard InChI is InChI=1S/C9H16ClO2/c1-3-12-8-5-4-7(10)6-9(8)11-2/h7-8H,3-6H2,1-2H3. The fourth-order valence-corrected chi connectivity index (χ4v) is 1.82. The summed E-state index contributed by atoms with van der Waals surface area (Å²) >= 11 is 6.00. The Morgan fingerprint density at radius 3 is 2.83 bits per heavy atom. The maximum Gasteiger partial charge on any atom is 0.127 e. The van der Waals surface area contributed by atoms with Crippen LogP contribution in [0.2, 0.25) is 0 Å². The van der Waals surface area contributed by atoms with Crippen LogP contribution in [0.15, 0.2) is 0 Å². The van der Waals surface area contributed by atoms with Crippen molar-refractivity contribution in [1.82, 2.24) is 0 Å². The molecule has 1 aliphatic carbocycles. The lowest BCUT2D eigenvalue weighted by atomic mass is 9.94. The Hall–Kier alpha value is 0.210. The van der Waals surface area contributed by atoms with Crippen molar-refractivity contribution in [2.75, 3.05) is 13.7 Å². The lowest BCUT2D eigenvalue weighted by molar-refractivity contribution is -0.0125. The van der Waals surface area contributed by atoms with Crippen molar-refractivity contribution in [1.29, 1.82) is 0 Å². The van der Waals surface area contributed by atoms with Gasteiger partial charge >= 0.3 is 0 Å². The van der Waals surface area contributed by atoms with Gasteiger partial charge in [-0.3, -0.25) is 0 Å². The number of ether oxygens (including phenoxy) is 2. The number of halogens is 1. The van der Waals surface area contributed by atoms with E-state index in [-0.39, 0.29) is 11.5 Å². The first kappa shape index (κ1) is 10.3. The van der Waals surface area contributed by atoms with Crippen LogP contribution in [0.3, 0.4) is 0 Å². The highest BCUT2D eigenvalue weighted by Gasteiger charge is 2.30. The molecule has 3 heteroatoms. The zero-order valence-electron chi connectivity index (χ0n) is 7.68. The zero-order chi connectivity index (χ0) is 8.97. The Bertz CT molecular complexity index is 130. The molecule has 0 bridgehead atoms. The van der Waals surface area contributed by atoms with Crippen LogP contribution in [0.5, 0.6) is 0 Å². The van der Waals surface area contributed by atoms with Crippen molar-refractivity contribution in [3.63, 3.8) is 0 Å². The minimum atomic E-state index is 0.176. The molecule has 0 aromatic rings. The number of methoxy groups -OCH3 is 1. The Labute approximate surface area is 79.2 Å². The average molecular weight is 192 g/mol. The smallest absolute Gasteiger partial charge is 0.127 e. The Balaban J connectivity index is 2.39. The summed E-state index contributed by atoms with van der Waals surface area (Å²) in [5.41, 5.74) is 0. The van der Waals surface area contributed by atoms with Gasteiger partial charge in [0.2, 0.25) is 0 Å². The first-order valence-corrected chi connectivity index (χ1v) is 4.87. The monoisotopic (exact) mass is 191 g/mol. The molecule has 0 saturated heterocycles. The second-order valence-corrected chi connectivity index (χ2v) is 3.61. The van der Waals surface area contributed by atoms with E-state index in [9.17, 15) is 0 Å². The summed E-state index contributed by atoms with van der Waals surface area (Å²) in [6, 6.07) is 0. The normalized spacial score (nSPS) is 32.2. The van der Waals surface area contributed by atoms with Crippen molar-refractivity contribution >= 4 is 11.6 Å². The third kappa shape index (κ3) is 2.61. The fraction of sp³-hybridized carbons (Fsp3) is 0.889. The number of hydrogen-bond acceptors (Lipinski definition) is 2. The van der Waals surface area contributed by atoms with Crippen molar-refractivity contribution < 1.29 is 9.47 Å². The number of hydrogen-bond donors (Lipinski definition) is 0. The van der Waals surface area contributed by atoms with Crippen LogP contribution >= 0.6 is 11.6 Å². The van der Waals surface area contributed by atoms with Gasteiger partial charge in [-0.25, -0.2) is 0 Å². The summed E-state index contributed by atoms with van der Waals surface area (Å²) < 4.78 is 10.7. The molecule has 0 amide bonds. The molecule has 1 rings (SSSR count). The summed E-state index contributed by atoms with van der Waals surface area (Å²) in [4.78, 5) is 0. The van der Waals surface area contributed by atoms with E-state index in [1.54, 1.807) is 7.11 Å². The molecule has 0 aromatic carbocycles. The molecule has 0 heterocycles. The first-order valence-electron chi connectivity index (χ1n) is 4.43. The Morgan fingerprint density at radius 1 is 1.50 bits per heavy atom. The second-order valence-electron chi connectivity index (χ2n) is 2.99. The molecule has 0 spiro atoms. The van der Waals surface area contributed by atoms with E-state index in [1.807, 2.05) is 6.92 Å². The van der Waals surface area contributed by atoms with Crippen molar-refractivity contribution in [2.24, 2.45) is 0 Å². The van der Waals surface area contributed by atoms with Gasteiger partial charge < -0.3 is 9.47 Å². The third-order valence-corrected chi connectivity index (χ3v) is 2.53. The minimum Gasteiger partial charge on any atom is -0.375 e. The predicted octanol–water partition coefficient (Wildman–Crippen LogP) is 2.36. The summed E-state index contributed by atoms with van der Waals surface area (Å²) in [7, 11) is 1.69. The van der Waals surface area contributed by atoms with Gasteiger partial charge in [0.05, 0.1) is 6.10 Å². The van der Waals surface area contributed by atoms with Crippen LogP contribution in [0, 0.1) is 6.10 Å². The summed E-state index contributed by atoms with van der Waals surface area (Å²) in [6.07, 6.45) is 4.03. The van der Waals surface area contributed by atoms with Crippen LogP contribution in [0.1, 0.15) is 26.2 Å². The highest BCUT2D eigenvalue weighted by Crippen LogP contribution is 2.31. The van der Waals surface area contributed by atoms with Crippen LogP contribution in [-0.4, -0.2) is 25.2 Å². The van der Waals surface area contributed by atoms with Gasteiger partial charge in [0.25, 0.3) is 0 Å². The van der Waals surface area contributed by atoms with E-state index in [0.29, 0.717) is 0 Å². The minimum absolute atomic E-state index is 0.176. The molecule has 0 N–H and O–H groups in total. The molecule has 2 atom stereocenters. The topological polar surface area (TPSA) is 18.5 Å². The van der Waals surface area contributed by atoms with E-state index in [2.05, 4.69) is 0 Å². The molecular formula is C9H16ClO2. The van der Waals surface area contributed by atoms with Crippen LogP contribution < -0.4 is 0 Å². The van der Waals surface area contributed by atoms with Gasteiger partial charge in [-0.05, 0) is 26.2 Å². The molecule has 2 unspecified atom stereocenters. The SMILES string of the molecule is CCOC1CCC(Cl)C[C]1OC. The highest BCUT2D eigenvalue weighted by molar-refractivity contribution is 6.20.